The number of likely N-dealkylation sites (N-methyl/N-ethyl adjacent to an activating group) is 1. The molecule has 0 atom stereocenters. The van der Waals surface area contributed by atoms with Crippen LogP contribution in [0, 0.1) is 0 Å². The second kappa shape index (κ2) is 11.3. The van der Waals surface area contributed by atoms with Crippen LogP contribution in [0.15, 0.2) is 54.6 Å². The van der Waals surface area contributed by atoms with Crippen molar-refractivity contribution in [2.75, 3.05) is 31.6 Å². The first-order chi connectivity index (χ1) is 13.1. The predicted molar refractivity (Wildman–Crippen MR) is 113 cm³/mol. The van der Waals surface area contributed by atoms with Crippen LogP contribution in [0.2, 0.25) is 0 Å². The number of hydrogen-bond acceptors (Lipinski definition) is 3. The lowest BCUT2D eigenvalue weighted by Gasteiger charge is -2.15. The summed E-state index contributed by atoms with van der Waals surface area (Å²) in [6, 6.07) is 17.2. The Labute approximate surface area is 166 Å². The average Bonchev–Trinajstić information content (AvgIpc) is 2.71. The molecule has 0 saturated heterocycles. The van der Waals surface area contributed by atoms with Crippen LogP contribution in [0.3, 0.4) is 0 Å². The summed E-state index contributed by atoms with van der Waals surface area (Å²) in [5.74, 6) is -0.294. The third-order valence-electron chi connectivity index (χ3n) is 4.36. The number of thiocarbonyl (C=S) groups is 1. The first-order valence-corrected chi connectivity index (χ1v) is 9.72. The van der Waals surface area contributed by atoms with Gasteiger partial charge in [-0.05, 0) is 55.9 Å². The molecule has 27 heavy (non-hydrogen) atoms. The van der Waals surface area contributed by atoms with Crippen molar-refractivity contribution >= 4 is 29.0 Å². The Bertz CT molecular complexity index is 716. The lowest BCUT2D eigenvalue weighted by Crippen LogP contribution is -3.11. The largest absolute Gasteiger partial charge is 0.456 e. The molecule has 5 nitrogen and oxygen atoms in total. The van der Waals surface area contributed by atoms with Crippen molar-refractivity contribution in [3.63, 3.8) is 0 Å². The van der Waals surface area contributed by atoms with Gasteiger partial charge in [-0.1, -0.05) is 30.3 Å². The summed E-state index contributed by atoms with van der Waals surface area (Å²) < 4.78 is 5.35. The number of nitrogens with one attached hydrogen (secondary N) is 3. The molecule has 2 aromatic carbocycles. The molecule has 6 heteroatoms. The molecule has 0 amide bonds. The second-order valence-electron chi connectivity index (χ2n) is 6.21. The zero-order chi connectivity index (χ0) is 19.5. The minimum absolute atomic E-state index is 0.294. The predicted octanol–water partition coefficient (Wildman–Crippen LogP) is 2.25. The number of carbonyl (C=O) groups excluding carboxylic acids is 1. The molecule has 0 radical (unpaired) electrons. The second-order valence-corrected chi connectivity index (χ2v) is 6.62. The maximum absolute atomic E-state index is 12.1. The van der Waals surface area contributed by atoms with E-state index in [1.54, 1.807) is 12.1 Å². The Balaban J connectivity index is 1.76. The smallest absolute Gasteiger partial charge is 0.338 e. The van der Waals surface area contributed by atoms with Crippen molar-refractivity contribution in [2.24, 2.45) is 0 Å². The number of rotatable bonds is 9. The highest BCUT2D eigenvalue weighted by atomic mass is 32.1. The van der Waals surface area contributed by atoms with E-state index in [0.29, 0.717) is 23.8 Å². The Hall–Kier alpha value is -2.44. The summed E-state index contributed by atoms with van der Waals surface area (Å²) in [7, 11) is 0. The van der Waals surface area contributed by atoms with E-state index in [9.17, 15) is 4.79 Å². The topological polar surface area (TPSA) is 54.8 Å². The third kappa shape index (κ3) is 7.37. The summed E-state index contributed by atoms with van der Waals surface area (Å²) in [5, 5.41) is 6.82. The fraction of sp³-hybridized carbons (Fsp3) is 0.333. The monoisotopic (exact) mass is 386 g/mol. The van der Waals surface area contributed by atoms with E-state index in [-0.39, 0.29) is 5.97 Å². The molecule has 0 unspecified atom stereocenters. The summed E-state index contributed by atoms with van der Waals surface area (Å²) in [4.78, 5) is 13.5. The molecule has 144 valence electrons. The van der Waals surface area contributed by atoms with E-state index in [0.717, 1.165) is 30.9 Å². The van der Waals surface area contributed by atoms with Gasteiger partial charge >= 0.3 is 5.97 Å². The number of quaternary nitrogens is 1. The first kappa shape index (κ1) is 20.9. The molecule has 0 aliphatic carbocycles. The van der Waals surface area contributed by atoms with Gasteiger partial charge in [-0.15, -0.1) is 0 Å². The van der Waals surface area contributed by atoms with Crippen molar-refractivity contribution in [2.45, 2.75) is 20.4 Å². The first-order valence-electron chi connectivity index (χ1n) is 9.32. The molecule has 0 aliphatic heterocycles. The lowest BCUT2D eigenvalue weighted by molar-refractivity contribution is -0.896. The highest BCUT2D eigenvalue weighted by Gasteiger charge is 2.09. The van der Waals surface area contributed by atoms with Crippen LogP contribution in [0.4, 0.5) is 5.69 Å². The van der Waals surface area contributed by atoms with Crippen LogP contribution in [-0.2, 0) is 11.3 Å². The summed E-state index contributed by atoms with van der Waals surface area (Å²) in [6.07, 6.45) is 0. The molecule has 0 saturated carbocycles. The number of carbonyl (C=O) groups is 1. The molecule has 3 N–H and O–H groups in total. The van der Waals surface area contributed by atoms with Gasteiger partial charge in [0.25, 0.3) is 0 Å². The van der Waals surface area contributed by atoms with Gasteiger partial charge in [0.15, 0.2) is 5.11 Å². The molecular formula is C21H28N3O2S+. The highest BCUT2D eigenvalue weighted by Crippen LogP contribution is 2.10. The van der Waals surface area contributed by atoms with Gasteiger partial charge in [0.05, 0.1) is 18.7 Å². The molecule has 2 aromatic rings. The minimum atomic E-state index is -0.294. The van der Waals surface area contributed by atoms with Crippen LogP contribution >= 0.6 is 12.2 Å². The lowest BCUT2D eigenvalue weighted by atomic mass is 10.2. The molecule has 2 rings (SSSR count). The van der Waals surface area contributed by atoms with Crippen LogP contribution in [0.1, 0.15) is 29.8 Å². The number of ether oxygens (including phenoxy) is 1. The van der Waals surface area contributed by atoms with Crippen LogP contribution < -0.4 is 15.5 Å². The van der Waals surface area contributed by atoms with E-state index in [2.05, 4.69) is 24.5 Å². The quantitative estimate of drug-likeness (QED) is 0.456. The van der Waals surface area contributed by atoms with Gasteiger partial charge in [-0.2, -0.15) is 0 Å². The van der Waals surface area contributed by atoms with E-state index in [1.807, 2.05) is 42.5 Å². The van der Waals surface area contributed by atoms with E-state index < -0.39 is 0 Å². The molecule has 0 spiro atoms. The Morgan fingerprint density at radius 3 is 2.33 bits per heavy atom. The van der Waals surface area contributed by atoms with Gasteiger partial charge in [0.1, 0.15) is 13.2 Å². The maximum atomic E-state index is 12.1. The van der Waals surface area contributed by atoms with Crippen LogP contribution in [-0.4, -0.2) is 37.3 Å². The van der Waals surface area contributed by atoms with Crippen molar-refractivity contribution < 1.29 is 14.4 Å². The Kier molecular flexibility index (Phi) is 8.74. The maximum Gasteiger partial charge on any atom is 0.338 e. The zero-order valence-electron chi connectivity index (χ0n) is 16.0. The van der Waals surface area contributed by atoms with Crippen molar-refractivity contribution in [3.05, 3.63) is 65.7 Å². The Morgan fingerprint density at radius 2 is 1.70 bits per heavy atom. The SMILES string of the molecule is CC[NH+](CC)CCOC(=O)c1ccc(NC(=S)NCc2ccccc2)cc1. The molecule has 0 heterocycles. The normalized spacial score (nSPS) is 10.5. The van der Waals surface area contributed by atoms with Crippen molar-refractivity contribution in [3.8, 4) is 0 Å². The van der Waals surface area contributed by atoms with Gasteiger partial charge in [-0.3, -0.25) is 0 Å². The zero-order valence-corrected chi connectivity index (χ0v) is 16.8. The minimum Gasteiger partial charge on any atom is -0.456 e. The van der Waals surface area contributed by atoms with E-state index >= 15 is 0 Å². The molecule has 0 fully saturated rings. The number of benzene rings is 2. The van der Waals surface area contributed by atoms with Crippen LogP contribution in [0.5, 0.6) is 0 Å². The standard InChI is InChI=1S/C21H27N3O2S/c1-3-24(4-2)14-15-26-20(25)18-10-12-19(13-11-18)23-21(27)22-16-17-8-6-5-7-9-17/h5-13H,3-4,14-16H2,1-2H3,(H2,22,23,27)/p+1. The van der Waals surface area contributed by atoms with Gasteiger partial charge in [0, 0.05) is 12.2 Å². The fourth-order valence-corrected chi connectivity index (χ4v) is 2.81. The van der Waals surface area contributed by atoms with Gasteiger partial charge in [0.2, 0.25) is 0 Å². The summed E-state index contributed by atoms with van der Waals surface area (Å²) >= 11 is 5.31. The molecular weight excluding hydrogens is 358 g/mol. The number of hydrogen-bond donors (Lipinski definition) is 3. The van der Waals surface area contributed by atoms with Gasteiger partial charge < -0.3 is 20.3 Å². The molecule has 0 bridgehead atoms. The van der Waals surface area contributed by atoms with E-state index in [1.165, 1.54) is 4.90 Å². The molecule has 0 aromatic heterocycles. The van der Waals surface area contributed by atoms with Crippen LogP contribution in [0.25, 0.3) is 0 Å². The summed E-state index contributed by atoms with van der Waals surface area (Å²) in [5.41, 5.74) is 2.52. The average molecular weight is 387 g/mol. The van der Waals surface area contributed by atoms with Crippen molar-refractivity contribution in [1.82, 2.24) is 5.32 Å². The molecule has 0 aliphatic rings. The fourth-order valence-electron chi connectivity index (χ4n) is 2.62. The summed E-state index contributed by atoms with van der Waals surface area (Å²) in [6.45, 7) is 8.25. The highest BCUT2D eigenvalue weighted by molar-refractivity contribution is 7.80. The van der Waals surface area contributed by atoms with E-state index in [4.69, 9.17) is 17.0 Å². The number of anilines is 1. The van der Waals surface area contributed by atoms with Crippen molar-refractivity contribution in [1.29, 1.82) is 0 Å². The Morgan fingerprint density at radius 1 is 1.04 bits per heavy atom. The number of esters is 1. The third-order valence-corrected chi connectivity index (χ3v) is 4.61. The van der Waals surface area contributed by atoms with Gasteiger partial charge in [-0.25, -0.2) is 4.79 Å².